The van der Waals surface area contributed by atoms with E-state index >= 15 is 0 Å². The van der Waals surface area contributed by atoms with E-state index in [1.807, 2.05) is 0 Å². The van der Waals surface area contributed by atoms with Crippen LogP contribution in [0.15, 0.2) is 42.6 Å². The number of carbonyl (C=O) groups excluding carboxylic acids is 3. The number of pyridine rings is 1. The van der Waals surface area contributed by atoms with Crippen molar-refractivity contribution in [3.8, 4) is 0 Å². The number of piperidine rings is 1. The van der Waals surface area contributed by atoms with E-state index in [0.29, 0.717) is 29.4 Å². The van der Waals surface area contributed by atoms with Crippen molar-refractivity contribution in [3.05, 3.63) is 53.2 Å². The lowest BCUT2D eigenvalue weighted by molar-refractivity contribution is -0.119. The molecule has 0 saturated carbocycles. The van der Waals surface area contributed by atoms with Crippen LogP contribution in [-0.2, 0) is 9.59 Å². The first-order valence-electron chi connectivity index (χ1n) is 9.55. The smallest absolute Gasteiger partial charge is 0.251 e. The summed E-state index contributed by atoms with van der Waals surface area (Å²) in [6.45, 7) is 2.46. The summed E-state index contributed by atoms with van der Waals surface area (Å²) in [6.07, 6.45) is 4.03. The van der Waals surface area contributed by atoms with E-state index in [1.54, 1.807) is 48.2 Å². The minimum Gasteiger partial charge on any atom is -0.349 e. The van der Waals surface area contributed by atoms with Crippen molar-refractivity contribution < 1.29 is 14.4 Å². The molecule has 1 aromatic heterocycles. The number of amides is 3. The van der Waals surface area contributed by atoms with E-state index in [4.69, 9.17) is 11.6 Å². The molecule has 29 heavy (non-hydrogen) atoms. The molecule has 2 N–H and O–H groups in total. The Bertz CT molecular complexity index is 884. The second kappa shape index (κ2) is 9.52. The van der Waals surface area contributed by atoms with Gasteiger partial charge in [0.1, 0.15) is 5.82 Å². The number of anilines is 2. The second-order valence-corrected chi connectivity index (χ2v) is 7.47. The van der Waals surface area contributed by atoms with Gasteiger partial charge in [-0.25, -0.2) is 4.98 Å². The van der Waals surface area contributed by atoms with Crippen LogP contribution < -0.4 is 15.5 Å². The molecule has 1 atom stereocenters. The maximum absolute atomic E-state index is 12.4. The van der Waals surface area contributed by atoms with Crippen molar-refractivity contribution in [1.29, 1.82) is 0 Å². The Balaban J connectivity index is 1.51. The Morgan fingerprint density at radius 2 is 1.93 bits per heavy atom. The van der Waals surface area contributed by atoms with Gasteiger partial charge < -0.3 is 15.5 Å². The highest BCUT2D eigenvalue weighted by Gasteiger charge is 2.20. The molecule has 152 valence electrons. The fourth-order valence-electron chi connectivity index (χ4n) is 3.15. The van der Waals surface area contributed by atoms with Gasteiger partial charge in [-0.1, -0.05) is 11.6 Å². The normalized spacial score (nSPS) is 15.0. The molecule has 1 aliphatic heterocycles. The van der Waals surface area contributed by atoms with E-state index in [-0.39, 0.29) is 30.2 Å². The topological polar surface area (TPSA) is 91.4 Å². The zero-order chi connectivity index (χ0) is 20.8. The van der Waals surface area contributed by atoms with E-state index < -0.39 is 0 Å². The van der Waals surface area contributed by atoms with Crippen LogP contribution in [0.5, 0.6) is 0 Å². The van der Waals surface area contributed by atoms with Gasteiger partial charge in [0.2, 0.25) is 11.8 Å². The molecule has 1 fully saturated rings. The molecule has 0 bridgehead atoms. The summed E-state index contributed by atoms with van der Waals surface area (Å²) in [5.41, 5.74) is 1.28. The molecule has 0 radical (unpaired) electrons. The largest absolute Gasteiger partial charge is 0.349 e. The maximum Gasteiger partial charge on any atom is 0.251 e. The third kappa shape index (κ3) is 5.77. The number of hydrogen-bond acceptors (Lipinski definition) is 4. The molecule has 3 rings (SSSR count). The average Bonchev–Trinajstić information content (AvgIpc) is 2.70. The average molecular weight is 415 g/mol. The van der Waals surface area contributed by atoms with E-state index in [9.17, 15) is 14.4 Å². The maximum atomic E-state index is 12.4. The summed E-state index contributed by atoms with van der Waals surface area (Å²) >= 11 is 5.77. The molecule has 0 spiro atoms. The van der Waals surface area contributed by atoms with Crippen molar-refractivity contribution in [2.24, 2.45) is 0 Å². The number of aromatic nitrogens is 1. The summed E-state index contributed by atoms with van der Waals surface area (Å²) in [5.74, 6) is -0.0120. The Kier molecular flexibility index (Phi) is 6.82. The summed E-state index contributed by atoms with van der Waals surface area (Å²) in [4.78, 5) is 42.3. The molecule has 0 aliphatic carbocycles. The monoisotopic (exact) mass is 414 g/mol. The molecule has 2 aromatic rings. The number of nitrogens with one attached hydrogen (secondary N) is 2. The first-order valence-corrected chi connectivity index (χ1v) is 9.93. The highest BCUT2D eigenvalue weighted by molar-refractivity contribution is 6.30. The molecular weight excluding hydrogens is 392 g/mol. The van der Waals surface area contributed by atoms with Gasteiger partial charge in [-0.3, -0.25) is 14.4 Å². The zero-order valence-corrected chi connectivity index (χ0v) is 16.9. The van der Waals surface area contributed by atoms with Crippen molar-refractivity contribution in [2.45, 2.75) is 38.6 Å². The highest BCUT2D eigenvalue weighted by Crippen LogP contribution is 2.21. The molecule has 1 aliphatic rings. The van der Waals surface area contributed by atoms with Gasteiger partial charge in [0.25, 0.3) is 5.91 Å². The van der Waals surface area contributed by atoms with Crippen LogP contribution in [0.25, 0.3) is 0 Å². The number of carbonyl (C=O) groups is 3. The van der Waals surface area contributed by atoms with Crippen molar-refractivity contribution in [2.75, 3.05) is 16.8 Å². The number of benzene rings is 1. The third-order valence-corrected chi connectivity index (χ3v) is 4.85. The molecule has 1 unspecified atom stereocenters. The van der Waals surface area contributed by atoms with Crippen LogP contribution in [0.4, 0.5) is 11.5 Å². The zero-order valence-electron chi connectivity index (χ0n) is 16.2. The van der Waals surface area contributed by atoms with Crippen molar-refractivity contribution in [1.82, 2.24) is 10.3 Å². The van der Waals surface area contributed by atoms with Crippen LogP contribution >= 0.6 is 11.6 Å². The van der Waals surface area contributed by atoms with Gasteiger partial charge in [-0.05, 0) is 56.2 Å². The van der Waals surface area contributed by atoms with Crippen LogP contribution in [0.3, 0.4) is 0 Å². The van der Waals surface area contributed by atoms with Gasteiger partial charge in [0, 0.05) is 42.9 Å². The summed E-state index contributed by atoms with van der Waals surface area (Å²) in [7, 11) is 0. The minimum absolute atomic E-state index is 0.108. The fraction of sp³-hybridized carbons (Fsp3) is 0.333. The molecular formula is C21H23ClN4O3. The van der Waals surface area contributed by atoms with Crippen LogP contribution in [0, 0.1) is 0 Å². The Labute approximate surface area is 174 Å². The van der Waals surface area contributed by atoms with E-state index in [1.165, 1.54) is 6.20 Å². The number of nitrogens with zero attached hydrogens (tertiary/aromatic N) is 2. The number of rotatable bonds is 6. The summed E-state index contributed by atoms with van der Waals surface area (Å²) in [6, 6.07) is 9.82. The van der Waals surface area contributed by atoms with Crippen LogP contribution in [0.2, 0.25) is 5.02 Å². The standard InChI is InChI=1S/C21H23ClN4O3/c1-14(12-19(27)25-18-10-7-16(22)13-23-18)24-21(29)15-5-8-17(9-6-15)26-11-3-2-4-20(26)28/h5-10,13-14H,2-4,11-12H2,1H3,(H,24,29)(H,23,25,27). The Morgan fingerprint density at radius 3 is 2.59 bits per heavy atom. The number of hydrogen-bond donors (Lipinski definition) is 2. The first kappa shape index (κ1) is 20.8. The predicted molar refractivity (Wildman–Crippen MR) is 112 cm³/mol. The third-order valence-electron chi connectivity index (χ3n) is 4.63. The predicted octanol–water partition coefficient (Wildman–Crippen LogP) is 3.40. The van der Waals surface area contributed by atoms with Crippen molar-refractivity contribution >= 4 is 40.8 Å². The molecule has 8 heteroatoms. The summed E-state index contributed by atoms with van der Waals surface area (Å²) in [5, 5.41) is 5.96. The van der Waals surface area contributed by atoms with Crippen molar-refractivity contribution in [3.63, 3.8) is 0 Å². The molecule has 2 heterocycles. The SMILES string of the molecule is CC(CC(=O)Nc1ccc(Cl)cn1)NC(=O)c1ccc(N2CCCCC2=O)cc1. The quantitative estimate of drug-likeness (QED) is 0.757. The Morgan fingerprint density at radius 1 is 1.17 bits per heavy atom. The van der Waals surface area contributed by atoms with E-state index in [2.05, 4.69) is 15.6 Å². The van der Waals surface area contributed by atoms with Crippen LogP contribution in [0.1, 0.15) is 43.0 Å². The van der Waals surface area contributed by atoms with Gasteiger partial charge in [-0.2, -0.15) is 0 Å². The highest BCUT2D eigenvalue weighted by atomic mass is 35.5. The number of halogens is 1. The van der Waals surface area contributed by atoms with E-state index in [0.717, 1.165) is 18.5 Å². The second-order valence-electron chi connectivity index (χ2n) is 7.04. The lowest BCUT2D eigenvalue weighted by Crippen LogP contribution is -2.36. The van der Waals surface area contributed by atoms with Gasteiger partial charge >= 0.3 is 0 Å². The molecule has 7 nitrogen and oxygen atoms in total. The fourth-order valence-corrected chi connectivity index (χ4v) is 3.26. The Hall–Kier alpha value is -2.93. The minimum atomic E-state index is -0.363. The lowest BCUT2D eigenvalue weighted by Gasteiger charge is -2.26. The summed E-state index contributed by atoms with van der Waals surface area (Å²) < 4.78 is 0. The molecule has 3 amide bonds. The van der Waals surface area contributed by atoms with Gasteiger partial charge in [0.05, 0.1) is 5.02 Å². The van der Waals surface area contributed by atoms with Gasteiger partial charge in [-0.15, -0.1) is 0 Å². The van der Waals surface area contributed by atoms with Gasteiger partial charge in [0.15, 0.2) is 0 Å². The molecule has 1 aromatic carbocycles. The van der Waals surface area contributed by atoms with Crippen LogP contribution in [-0.4, -0.2) is 35.3 Å². The first-order chi connectivity index (χ1) is 13.9. The molecule has 1 saturated heterocycles. The lowest BCUT2D eigenvalue weighted by atomic mass is 10.1.